The van der Waals surface area contributed by atoms with E-state index in [1.165, 1.54) is 12.2 Å². The van der Waals surface area contributed by atoms with Crippen molar-refractivity contribution in [3.8, 4) is 0 Å². The molecule has 2 N–H and O–H groups in total. The third-order valence-electron chi connectivity index (χ3n) is 5.15. The quantitative estimate of drug-likeness (QED) is 0.527. The predicted molar refractivity (Wildman–Crippen MR) is 76.2 cm³/mol. The molecular formula is C16H14O9. The summed E-state index contributed by atoms with van der Waals surface area (Å²) in [6.07, 6.45) is 2.67. The summed E-state index contributed by atoms with van der Waals surface area (Å²) in [7, 11) is 0. The normalized spacial score (nSPS) is 37.6. The van der Waals surface area contributed by atoms with Crippen molar-refractivity contribution in [2.45, 2.75) is 49.1 Å². The lowest BCUT2D eigenvalue weighted by Crippen LogP contribution is -2.48. The van der Waals surface area contributed by atoms with Gasteiger partial charge >= 0.3 is 23.9 Å². The van der Waals surface area contributed by atoms with Crippen molar-refractivity contribution in [2.75, 3.05) is 0 Å². The number of carbonyl (C=O) groups excluding carboxylic acids is 2. The molecule has 4 bridgehead atoms. The fraction of sp³-hybridized carbons (Fsp3) is 0.500. The van der Waals surface area contributed by atoms with E-state index < -0.39 is 47.3 Å². The van der Waals surface area contributed by atoms with Crippen LogP contribution in [-0.4, -0.2) is 57.5 Å². The van der Waals surface area contributed by atoms with E-state index in [2.05, 4.69) is 0 Å². The Morgan fingerprint density at radius 3 is 1.60 bits per heavy atom. The lowest BCUT2D eigenvalue weighted by atomic mass is 9.85. The Hall–Kier alpha value is -2.52. The lowest BCUT2D eigenvalue weighted by molar-refractivity contribution is -0.183. The molecule has 0 radical (unpaired) electrons. The topological polar surface area (TPSA) is 136 Å². The molecule has 0 amide bonds. The molecule has 4 heterocycles. The number of fused-ring (bicyclic) bond motifs is 4. The van der Waals surface area contributed by atoms with Gasteiger partial charge in [-0.05, 0) is 37.8 Å². The molecule has 2 fully saturated rings. The molecule has 25 heavy (non-hydrogen) atoms. The van der Waals surface area contributed by atoms with Crippen LogP contribution in [0.2, 0.25) is 0 Å². The van der Waals surface area contributed by atoms with Crippen LogP contribution in [0.1, 0.15) is 25.7 Å². The lowest BCUT2D eigenvalue weighted by Gasteiger charge is -2.27. The molecule has 4 atom stereocenters. The highest BCUT2D eigenvalue weighted by Crippen LogP contribution is 2.47. The largest absolute Gasteiger partial charge is 0.478 e. The van der Waals surface area contributed by atoms with Crippen LogP contribution in [0, 0.1) is 0 Å². The molecule has 0 aromatic rings. The second-order valence-electron chi connectivity index (χ2n) is 6.49. The number of carbonyl (C=O) groups is 4. The third-order valence-corrected chi connectivity index (χ3v) is 5.15. The SMILES string of the molecule is O=C(O)C1=CC2CCC1(C(=O)OC(=O)C13CCC(C=C1C(=O)O)O3)O2. The van der Waals surface area contributed by atoms with Crippen LogP contribution in [0.4, 0.5) is 0 Å². The van der Waals surface area contributed by atoms with Gasteiger partial charge < -0.3 is 24.4 Å². The Morgan fingerprint density at radius 2 is 1.28 bits per heavy atom. The maximum Gasteiger partial charge on any atom is 0.351 e. The van der Waals surface area contributed by atoms with Crippen LogP contribution in [0.15, 0.2) is 23.3 Å². The average Bonchev–Trinajstić information content (AvgIpc) is 3.32. The van der Waals surface area contributed by atoms with Gasteiger partial charge in [-0.2, -0.15) is 0 Å². The summed E-state index contributed by atoms with van der Waals surface area (Å²) in [6, 6.07) is 0. The smallest absolute Gasteiger partial charge is 0.351 e. The van der Waals surface area contributed by atoms with E-state index in [-0.39, 0.29) is 24.0 Å². The zero-order chi connectivity index (χ0) is 18.0. The summed E-state index contributed by atoms with van der Waals surface area (Å²) in [5.74, 6) is -4.95. The van der Waals surface area contributed by atoms with E-state index in [9.17, 15) is 29.4 Å². The Bertz CT molecular complexity index is 714. The Morgan fingerprint density at radius 1 is 0.880 bits per heavy atom. The Labute approximate surface area is 140 Å². The minimum atomic E-state index is -1.83. The molecule has 4 aliphatic heterocycles. The van der Waals surface area contributed by atoms with Crippen molar-refractivity contribution in [1.82, 2.24) is 0 Å². The first-order valence-corrected chi connectivity index (χ1v) is 7.82. The van der Waals surface area contributed by atoms with Gasteiger partial charge in [-0.3, -0.25) is 0 Å². The third kappa shape index (κ3) is 2.02. The maximum atomic E-state index is 12.6. The van der Waals surface area contributed by atoms with Gasteiger partial charge in [-0.15, -0.1) is 0 Å². The summed E-state index contributed by atoms with van der Waals surface area (Å²) in [4.78, 5) is 47.8. The molecule has 4 unspecified atom stereocenters. The first-order valence-electron chi connectivity index (χ1n) is 7.82. The molecule has 0 aromatic carbocycles. The Kier molecular flexibility index (Phi) is 3.19. The van der Waals surface area contributed by atoms with Crippen molar-refractivity contribution >= 4 is 23.9 Å². The molecule has 132 valence electrons. The summed E-state index contributed by atoms with van der Waals surface area (Å²) in [5, 5.41) is 18.5. The van der Waals surface area contributed by atoms with Gasteiger partial charge in [0.05, 0.1) is 23.4 Å². The first kappa shape index (κ1) is 16.0. The van der Waals surface area contributed by atoms with E-state index >= 15 is 0 Å². The van der Waals surface area contributed by atoms with Gasteiger partial charge in [0.1, 0.15) is 0 Å². The minimum absolute atomic E-state index is 0.0834. The van der Waals surface area contributed by atoms with E-state index in [1.54, 1.807) is 0 Å². The van der Waals surface area contributed by atoms with Crippen molar-refractivity contribution in [3.63, 3.8) is 0 Å². The van der Waals surface area contributed by atoms with Crippen LogP contribution >= 0.6 is 0 Å². The van der Waals surface area contributed by atoms with Crippen molar-refractivity contribution in [2.24, 2.45) is 0 Å². The van der Waals surface area contributed by atoms with Crippen LogP contribution in [-0.2, 0) is 33.4 Å². The predicted octanol–water partition coefficient (Wildman–Crippen LogP) is -0.0590. The zero-order valence-electron chi connectivity index (χ0n) is 12.9. The van der Waals surface area contributed by atoms with Crippen molar-refractivity contribution in [3.05, 3.63) is 23.3 Å². The van der Waals surface area contributed by atoms with Crippen molar-refractivity contribution in [1.29, 1.82) is 0 Å². The number of hydrogen-bond acceptors (Lipinski definition) is 7. The van der Waals surface area contributed by atoms with Gasteiger partial charge in [0.2, 0.25) is 0 Å². The van der Waals surface area contributed by atoms with Gasteiger partial charge in [0, 0.05) is 0 Å². The number of hydrogen-bond donors (Lipinski definition) is 2. The highest BCUT2D eigenvalue weighted by Gasteiger charge is 2.62. The van der Waals surface area contributed by atoms with Crippen molar-refractivity contribution < 1.29 is 43.6 Å². The average molecular weight is 350 g/mol. The Balaban J connectivity index is 1.59. The fourth-order valence-corrected chi connectivity index (χ4v) is 3.97. The molecule has 4 aliphatic rings. The highest BCUT2D eigenvalue weighted by molar-refractivity contribution is 6.07. The molecule has 9 heteroatoms. The number of carboxylic acid groups (broad SMARTS) is 2. The van der Waals surface area contributed by atoms with E-state index in [1.807, 2.05) is 0 Å². The van der Waals surface area contributed by atoms with Crippen LogP contribution in [0.25, 0.3) is 0 Å². The molecule has 9 nitrogen and oxygen atoms in total. The van der Waals surface area contributed by atoms with Gasteiger partial charge in [-0.1, -0.05) is 0 Å². The maximum absolute atomic E-state index is 12.6. The number of ether oxygens (including phenoxy) is 3. The van der Waals surface area contributed by atoms with Crippen LogP contribution in [0.3, 0.4) is 0 Å². The number of rotatable bonds is 4. The fourth-order valence-electron chi connectivity index (χ4n) is 3.97. The van der Waals surface area contributed by atoms with Gasteiger partial charge in [0.15, 0.2) is 11.2 Å². The summed E-state index contributed by atoms with van der Waals surface area (Å²) >= 11 is 0. The zero-order valence-corrected chi connectivity index (χ0v) is 12.9. The molecule has 0 aromatic heterocycles. The first-order chi connectivity index (χ1) is 11.8. The number of esters is 2. The van der Waals surface area contributed by atoms with E-state index in [4.69, 9.17) is 14.2 Å². The summed E-state index contributed by atoms with van der Waals surface area (Å²) in [5.41, 5.74) is -4.17. The minimum Gasteiger partial charge on any atom is -0.478 e. The molecule has 2 saturated heterocycles. The molecule has 4 rings (SSSR count). The summed E-state index contributed by atoms with van der Waals surface area (Å²) in [6.45, 7) is 0. The number of aliphatic carboxylic acids is 2. The monoisotopic (exact) mass is 350 g/mol. The van der Waals surface area contributed by atoms with Gasteiger partial charge in [0.25, 0.3) is 0 Å². The van der Waals surface area contributed by atoms with Crippen LogP contribution < -0.4 is 0 Å². The molecule has 0 aliphatic carbocycles. The molecular weight excluding hydrogens is 336 g/mol. The second-order valence-corrected chi connectivity index (χ2v) is 6.49. The molecule has 0 saturated carbocycles. The highest BCUT2D eigenvalue weighted by atomic mass is 16.6. The second kappa shape index (κ2) is 4.99. The number of carboxylic acids is 2. The van der Waals surface area contributed by atoms with E-state index in [0.29, 0.717) is 12.8 Å². The summed E-state index contributed by atoms with van der Waals surface area (Å²) < 4.78 is 15.8. The standard InChI is InChI=1S/C16H14O9/c17-11(18)9-5-7-1-3-15(9,24-7)13(21)23-14(22)16-4-2-8(25-16)6-10(16)12(19)20/h5-8H,1-4H2,(H,17,18)(H,19,20). The van der Waals surface area contributed by atoms with E-state index in [0.717, 1.165) is 0 Å². The molecule has 0 spiro atoms. The van der Waals surface area contributed by atoms with Gasteiger partial charge in [-0.25, -0.2) is 19.2 Å². The van der Waals surface area contributed by atoms with Crippen LogP contribution in [0.5, 0.6) is 0 Å².